The molecule has 1 atom stereocenters. The second kappa shape index (κ2) is 3.47. The average Bonchev–Trinajstić information content (AvgIpc) is 2.59. The summed E-state index contributed by atoms with van der Waals surface area (Å²) in [6.07, 6.45) is 1.02. The zero-order chi connectivity index (χ0) is 11.0. The van der Waals surface area contributed by atoms with Gasteiger partial charge in [-0.15, -0.1) is 0 Å². The minimum atomic E-state index is -0.586. The molecule has 0 radical (unpaired) electrons. The number of carbonyl (C=O) groups is 1. The number of nitrogens with two attached hydrogens (primary N) is 1. The third-order valence-corrected chi connectivity index (χ3v) is 2.22. The van der Waals surface area contributed by atoms with Crippen LogP contribution < -0.4 is 5.73 Å². The Hall–Kier alpha value is -1.68. The summed E-state index contributed by atoms with van der Waals surface area (Å²) in [5.41, 5.74) is 6.28. The van der Waals surface area contributed by atoms with Gasteiger partial charge in [-0.3, -0.25) is 4.79 Å². The Morgan fingerprint density at radius 1 is 1.53 bits per heavy atom. The van der Waals surface area contributed by atoms with E-state index in [-0.39, 0.29) is 5.78 Å². The zero-order valence-corrected chi connectivity index (χ0v) is 8.16. The lowest BCUT2D eigenvalue weighted by Crippen LogP contribution is -2.26. The molecule has 0 saturated heterocycles. The molecular formula is C11H10FNO2. The standard InChI is InChI=1S/C11H10FNO2/c1-6(13)11(14)7-2-3-10-8(4-7)9(12)5-15-10/h2-6H,13H2,1H3. The van der Waals surface area contributed by atoms with Crippen molar-refractivity contribution < 1.29 is 13.6 Å². The van der Waals surface area contributed by atoms with Crippen LogP contribution in [0.15, 0.2) is 28.9 Å². The van der Waals surface area contributed by atoms with E-state index in [0.717, 1.165) is 6.26 Å². The largest absolute Gasteiger partial charge is 0.461 e. The molecule has 15 heavy (non-hydrogen) atoms. The third-order valence-electron chi connectivity index (χ3n) is 2.22. The number of hydrogen-bond donors (Lipinski definition) is 1. The number of benzene rings is 1. The molecule has 0 aliphatic carbocycles. The Balaban J connectivity index is 2.55. The molecule has 1 unspecified atom stereocenters. The van der Waals surface area contributed by atoms with Gasteiger partial charge in [-0.1, -0.05) is 0 Å². The van der Waals surface area contributed by atoms with Gasteiger partial charge in [0.15, 0.2) is 11.6 Å². The number of halogens is 1. The van der Waals surface area contributed by atoms with Crippen molar-refractivity contribution in [1.29, 1.82) is 0 Å². The monoisotopic (exact) mass is 207 g/mol. The number of fused-ring (bicyclic) bond motifs is 1. The summed E-state index contributed by atoms with van der Waals surface area (Å²) in [5, 5.41) is 0.307. The van der Waals surface area contributed by atoms with Crippen LogP contribution in [0.3, 0.4) is 0 Å². The molecule has 0 fully saturated rings. The van der Waals surface area contributed by atoms with E-state index in [2.05, 4.69) is 0 Å². The summed E-state index contributed by atoms with van der Waals surface area (Å²) >= 11 is 0. The summed E-state index contributed by atoms with van der Waals surface area (Å²) in [7, 11) is 0. The Labute approximate surface area is 85.7 Å². The molecule has 0 saturated carbocycles. The number of carbonyl (C=O) groups excluding carboxylic acids is 1. The topological polar surface area (TPSA) is 56.2 Å². The molecule has 2 aromatic rings. The molecule has 2 rings (SSSR count). The maximum atomic E-state index is 13.2. The van der Waals surface area contributed by atoms with Crippen LogP contribution in [0.5, 0.6) is 0 Å². The molecule has 0 spiro atoms. The minimum Gasteiger partial charge on any atom is -0.461 e. The second-order valence-corrected chi connectivity index (χ2v) is 3.45. The second-order valence-electron chi connectivity index (χ2n) is 3.45. The summed E-state index contributed by atoms with van der Waals surface area (Å²) in [6.45, 7) is 1.60. The molecule has 78 valence electrons. The lowest BCUT2D eigenvalue weighted by molar-refractivity contribution is 0.0968. The highest BCUT2D eigenvalue weighted by Gasteiger charge is 2.13. The van der Waals surface area contributed by atoms with Gasteiger partial charge < -0.3 is 10.2 Å². The first kappa shape index (κ1) is 9.86. The van der Waals surface area contributed by atoms with Crippen LogP contribution in [0.25, 0.3) is 11.0 Å². The van der Waals surface area contributed by atoms with Gasteiger partial charge in [0, 0.05) is 5.56 Å². The fourth-order valence-electron chi connectivity index (χ4n) is 1.41. The number of furan rings is 1. The first-order chi connectivity index (χ1) is 7.09. The Bertz CT molecular complexity index is 516. The summed E-state index contributed by atoms with van der Waals surface area (Å²) in [4.78, 5) is 11.5. The lowest BCUT2D eigenvalue weighted by Gasteiger charge is -2.03. The maximum absolute atomic E-state index is 13.2. The van der Waals surface area contributed by atoms with Crippen molar-refractivity contribution in [3.8, 4) is 0 Å². The molecule has 1 aromatic heterocycles. The number of Topliss-reactive ketones (excluding diaryl/α,β-unsaturated/α-hetero) is 1. The Morgan fingerprint density at radius 2 is 2.27 bits per heavy atom. The predicted octanol–water partition coefficient (Wildman–Crippen LogP) is 2.10. The molecule has 4 heteroatoms. The highest BCUT2D eigenvalue weighted by molar-refractivity contribution is 6.02. The van der Waals surface area contributed by atoms with Crippen molar-refractivity contribution in [3.63, 3.8) is 0 Å². The van der Waals surface area contributed by atoms with Gasteiger partial charge >= 0.3 is 0 Å². The Kier molecular flexibility index (Phi) is 2.28. The lowest BCUT2D eigenvalue weighted by atomic mass is 10.0. The van der Waals surface area contributed by atoms with Gasteiger partial charge in [0.2, 0.25) is 0 Å². The fourth-order valence-corrected chi connectivity index (χ4v) is 1.41. The maximum Gasteiger partial charge on any atom is 0.179 e. The van der Waals surface area contributed by atoms with Gasteiger partial charge in [0.1, 0.15) is 11.8 Å². The van der Waals surface area contributed by atoms with Gasteiger partial charge in [-0.25, -0.2) is 4.39 Å². The summed E-state index contributed by atoms with van der Waals surface area (Å²) in [6, 6.07) is 4.02. The van der Waals surface area contributed by atoms with E-state index in [1.807, 2.05) is 0 Å². The van der Waals surface area contributed by atoms with E-state index < -0.39 is 11.9 Å². The molecule has 0 bridgehead atoms. The quantitative estimate of drug-likeness (QED) is 0.767. The van der Waals surface area contributed by atoms with Crippen molar-refractivity contribution >= 4 is 16.8 Å². The van der Waals surface area contributed by atoms with E-state index in [0.29, 0.717) is 16.5 Å². The van der Waals surface area contributed by atoms with Crippen molar-refractivity contribution in [1.82, 2.24) is 0 Å². The van der Waals surface area contributed by atoms with Crippen LogP contribution in [0.1, 0.15) is 17.3 Å². The summed E-state index contributed by atoms with van der Waals surface area (Å²) < 4.78 is 18.1. The predicted molar refractivity (Wildman–Crippen MR) is 54.2 cm³/mol. The number of ketones is 1. The van der Waals surface area contributed by atoms with E-state index in [4.69, 9.17) is 10.2 Å². The van der Waals surface area contributed by atoms with Crippen molar-refractivity contribution in [3.05, 3.63) is 35.8 Å². The molecule has 0 aliphatic rings. The van der Waals surface area contributed by atoms with Gasteiger partial charge in [-0.05, 0) is 25.1 Å². The average molecular weight is 207 g/mol. The van der Waals surface area contributed by atoms with E-state index >= 15 is 0 Å². The first-order valence-electron chi connectivity index (χ1n) is 4.56. The van der Waals surface area contributed by atoms with Gasteiger partial charge in [0.05, 0.1) is 11.4 Å². The minimum absolute atomic E-state index is 0.211. The third kappa shape index (κ3) is 1.64. The normalized spacial score (nSPS) is 13.0. The van der Waals surface area contributed by atoms with Crippen LogP contribution in [0.4, 0.5) is 4.39 Å². The molecule has 1 aromatic carbocycles. The van der Waals surface area contributed by atoms with E-state index in [9.17, 15) is 9.18 Å². The molecule has 1 heterocycles. The zero-order valence-electron chi connectivity index (χ0n) is 8.16. The molecular weight excluding hydrogens is 197 g/mol. The van der Waals surface area contributed by atoms with Gasteiger partial charge in [0.25, 0.3) is 0 Å². The molecule has 3 nitrogen and oxygen atoms in total. The van der Waals surface area contributed by atoms with Crippen LogP contribution in [0.2, 0.25) is 0 Å². The van der Waals surface area contributed by atoms with Crippen LogP contribution in [-0.2, 0) is 0 Å². The van der Waals surface area contributed by atoms with Crippen LogP contribution in [0, 0.1) is 5.82 Å². The van der Waals surface area contributed by atoms with E-state index in [1.165, 1.54) is 6.07 Å². The van der Waals surface area contributed by atoms with Crippen molar-refractivity contribution in [2.75, 3.05) is 0 Å². The van der Waals surface area contributed by atoms with E-state index in [1.54, 1.807) is 19.1 Å². The first-order valence-corrected chi connectivity index (χ1v) is 4.56. The highest BCUT2D eigenvalue weighted by Crippen LogP contribution is 2.21. The van der Waals surface area contributed by atoms with Gasteiger partial charge in [-0.2, -0.15) is 0 Å². The SMILES string of the molecule is CC(N)C(=O)c1ccc2occ(F)c2c1. The summed E-state index contributed by atoms with van der Waals surface area (Å²) in [5.74, 6) is -0.679. The molecule has 0 amide bonds. The highest BCUT2D eigenvalue weighted by atomic mass is 19.1. The van der Waals surface area contributed by atoms with Crippen LogP contribution >= 0.6 is 0 Å². The van der Waals surface area contributed by atoms with Crippen molar-refractivity contribution in [2.24, 2.45) is 5.73 Å². The smallest absolute Gasteiger partial charge is 0.179 e. The van der Waals surface area contributed by atoms with Crippen LogP contribution in [-0.4, -0.2) is 11.8 Å². The Morgan fingerprint density at radius 3 is 2.93 bits per heavy atom. The number of rotatable bonds is 2. The van der Waals surface area contributed by atoms with Crippen molar-refractivity contribution in [2.45, 2.75) is 13.0 Å². The number of hydrogen-bond acceptors (Lipinski definition) is 3. The molecule has 0 aliphatic heterocycles. The fraction of sp³-hybridized carbons (Fsp3) is 0.182. The molecule has 2 N–H and O–H groups in total.